The van der Waals surface area contributed by atoms with Crippen molar-refractivity contribution in [1.82, 2.24) is 14.5 Å². The summed E-state index contributed by atoms with van der Waals surface area (Å²) in [7, 11) is 0. The number of nitrogens with zero attached hydrogens (tertiary/aromatic N) is 4. The van der Waals surface area contributed by atoms with Crippen molar-refractivity contribution in [2.75, 3.05) is 4.90 Å². The van der Waals surface area contributed by atoms with Crippen LogP contribution in [-0.2, 0) is 16.1 Å². The van der Waals surface area contributed by atoms with Crippen LogP contribution >= 0.6 is 0 Å². The number of benzene rings is 1. The van der Waals surface area contributed by atoms with Crippen molar-refractivity contribution in [2.24, 2.45) is 5.92 Å². The molecule has 0 atom stereocenters. The second kappa shape index (κ2) is 5.40. The number of imide groups is 1. The average Bonchev–Trinajstić information content (AvgIpc) is 3.11. The average molecular weight is 322 g/mol. The summed E-state index contributed by atoms with van der Waals surface area (Å²) >= 11 is 0. The van der Waals surface area contributed by atoms with Crippen LogP contribution in [0, 0.1) is 5.92 Å². The molecule has 122 valence electrons. The minimum Gasteiger partial charge on any atom is -0.330 e. The first-order valence-corrected chi connectivity index (χ1v) is 8.15. The third-order valence-corrected chi connectivity index (χ3v) is 4.26. The lowest BCUT2D eigenvalue weighted by molar-refractivity contribution is -0.121. The largest absolute Gasteiger partial charge is 0.330 e. The number of anilines is 1. The Hall–Kier alpha value is -2.76. The van der Waals surface area contributed by atoms with E-state index in [0.29, 0.717) is 17.3 Å². The third kappa shape index (κ3) is 2.18. The Morgan fingerprint density at radius 2 is 1.83 bits per heavy atom. The molecule has 0 aliphatic carbocycles. The highest BCUT2D eigenvalue weighted by atomic mass is 16.2. The molecule has 1 aliphatic heterocycles. The van der Waals surface area contributed by atoms with Gasteiger partial charge in [0.05, 0.1) is 17.4 Å². The Kier molecular flexibility index (Phi) is 3.33. The summed E-state index contributed by atoms with van der Waals surface area (Å²) in [5.41, 5.74) is 2.30. The highest BCUT2D eigenvalue weighted by molar-refractivity contribution is 6.23. The minimum atomic E-state index is -0.206. The van der Waals surface area contributed by atoms with E-state index in [1.54, 1.807) is 6.33 Å². The Balaban J connectivity index is 2.05. The number of para-hydroxylation sites is 1. The lowest BCUT2D eigenvalue weighted by Gasteiger charge is -2.15. The van der Waals surface area contributed by atoms with Crippen LogP contribution in [0.4, 0.5) is 5.82 Å². The van der Waals surface area contributed by atoms with E-state index in [1.165, 1.54) is 4.90 Å². The number of hydrogen-bond acceptors (Lipinski definition) is 4. The van der Waals surface area contributed by atoms with Crippen molar-refractivity contribution in [1.29, 1.82) is 0 Å². The second-order valence-electron chi connectivity index (χ2n) is 6.56. The van der Waals surface area contributed by atoms with E-state index in [4.69, 9.17) is 0 Å². The number of imidazole rings is 1. The van der Waals surface area contributed by atoms with Gasteiger partial charge in [-0.2, -0.15) is 0 Å². The van der Waals surface area contributed by atoms with E-state index in [0.717, 1.165) is 23.0 Å². The number of carbonyl (C=O) groups excluding carboxylic acids is 2. The quantitative estimate of drug-likeness (QED) is 0.695. The number of fused-ring (bicyclic) bond motifs is 3. The first kappa shape index (κ1) is 14.8. The summed E-state index contributed by atoms with van der Waals surface area (Å²) in [5.74, 6) is 0.400. The molecule has 24 heavy (non-hydrogen) atoms. The summed E-state index contributed by atoms with van der Waals surface area (Å²) in [6, 6.07) is 7.76. The molecule has 0 bridgehead atoms. The molecule has 0 N–H and O–H groups in total. The van der Waals surface area contributed by atoms with Gasteiger partial charge in [-0.15, -0.1) is 0 Å². The van der Waals surface area contributed by atoms with Gasteiger partial charge in [0.25, 0.3) is 0 Å². The van der Waals surface area contributed by atoms with E-state index in [9.17, 15) is 9.59 Å². The van der Waals surface area contributed by atoms with E-state index in [2.05, 4.69) is 28.4 Å². The molecule has 1 aromatic carbocycles. The molecule has 1 fully saturated rings. The smallest absolute Gasteiger partial charge is 0.235 e. The van der Waals surface area contributed by atoms with Crippen molar-refractivity contribution in [3.05, 3.63) is 30.6 Å². The predicted octanol–water partition coefficient (Wildman–Crippen LogP) is 2.89. The van der Waals surface area contributed by atoms with Gasteiger partial charge in [0.2, 0.25) is 11.8 Å². The zero-order chi connectivity index (χ0) is 16.8. The molecular formula is C18H18N4O2. The Bertz CT molecular complexity index is 958. The molecule has 0 unspecified atom stereocenters. The Morgan fingerprint density at radius 1 is 1.12 bits per heavy atom. The molecule has 0 radical (unpaired) electrons. The minimum absolute atomic E-state index is 0.206. The normalized spacial score (nSPS) is 15.4. The molecular weight excluding hydrogens is 304 g/mol. The fourth-order valence-corrected chi connectivity index (χ4v) is 3.27. The zero-order valence-electron chi connectivity index (χ0n) is 13.7. The number of rotatable bonds is 3. The molecule has 3 aromatic rings. The van der Waals surface area contributed by atoms with Crippen molar-refractivity contribution < 1.29 is 9.59 Å². The molecule has 6 nitrogen and oxygen atoms in total. The topological polar surface area (TPSA) is 68.1 Å². The van der Waals surface area contributed by atoms with Crippen LogP contribution in [0.2, 0.25) is 0 Å². The van der Waals surface area contributed by atoms with Gasteiger partial charge in [0, 0.05) is 24.8 Å². The molecule has 2 aromatic heterocycles. The van der Waals surface area contributed by atoms with Crippen LogP contribution < -0.4 is 4.90 Å². The SMILES string of the molecule is CC(C)Cn1cnc2c(N3C(=O)CCC3=O)nc3ccccc3c21. The maximum Gasteiger partial charge on any atom is 0.235 e. The summed E-state index contributed by atoms with van der Waals surface area (Å²) in [5, 5.41) is 0.980. The fraction of sp³-hybridized carbons (Fsp3) is 0.333. The standard InChI is InChI=1S/C18H18N4O2/c1-11(2)9-21-10-19-16-17(21)12-5-3-4-6-13(12)20-18(16)22-14(23)7-8-15(22)24/h3-6,10-11H,7-9H2,1-2H3. The first-order valence-electron chi connectivity index (χ1n) is 8.15. The van der Waals surface area contributed by atoms with Gasteiger partial charge in [-0.1, -0.05) is 32.0 Å². The van der Waals surface area contributed by atoms with Gasteiger partial charge < -0.3 is 4.57 Å². The van der Waals surface area contributed by atoms with Gasteiger partial charge in [-0.25, -0.2) is 14.9 Å². The highest BCUT2D eigenvalue weighted by Gasteiger charge is 2.33. The van der Waals surface area contributed by atoms with E-state index < -0.39 is 0 Å². The first-order chi connectivity index (χ1) is 11.6. The van der Waals surface area contributed by atoms with Crippen LogP contribution in [0.3, 0.4) is 0 Å². The van der Waals surface area contributed by atoms with Gasteiger partial charge in [-0.05, 0) is 12.0 Å². The molecule has 6 heteroatoms. The molecule has 3 heterocycles. The van der Waals surface area contributed by atoms with Gasteiger partial charge >= 0.3 is 0 Å². The maximum atomic E-state index is 12.2. The van der Waals surface area contributed by atoms with Gasteiger partial charge in [-0.3, -0.25) is 9.59 Å². The maximum absolute atomic E-state index is 12.2. The number of carbonyl (C=O) groups is 2. The summed E-state index contributed by atoms with van der Waals surface area (Å²) < 4.78 is 2.08. The number of pyridine rings is 1. The lowest BCUT2D eigenvalue weighted by Crippen LogP contribution is -2.29. The van der Waals surface area contributed by atoms with Crippen LogP contribution in [0.25, 0.3) is 21.9 Å². The summed E-state index contributed by atoms with van der Waals surface area (Å²) in [4.78, 5) is 34.6. The molecule has 0 spiro atoms. The fourth-order valence-electron chi connectivity index (χ4n) is 3.27. The second-order valence-corrected chi connectivity index (χ2v) is 6.56. The van der Waals surface area contributed by atoms with E-state index in [-0.39, 0.29) is 24.7 Å². The summed E-state index contributed by atoms with van der Waals surface area (Å²) in [6.07, 6.45) is 2.25. The van der Waals surface area contributed by atoms with Crippen molar-refractivity contribution in [3.8, 4) is 0 Å². The van der Waals surface area contributed by atoms with Crippen molar-refractivity contribution in [3.63, 3.8) is 0 Å². The van der Waals surface area contributed by atoms with E-state index in [1.807, 2.05) is 24.3 Å². The molecule has 1 aliphatic rings. The molecule has 4 rings (SSSR count). The number of hydrogen-bond donors (Lipinski definition) is 0. The van der Waals surface area contributed by atoms with Crippen LogP contribution in [0.15, 0.2) is 30.6 Å². The van der Waals surface area contributed by atoms with Crippen molar-refractivity contribution >= 4 is 39.6 Å². The molecule has 2 amide bonds. The third-order valence-electron chi connectivity index (χ3n) is 4.26. The zero-order valence-corrected chi connectivity index (χ0v) is 13.7. The van der Waals surface area contributed by atoms with Crippen LogP contribution in [0.1, 0.15) is 26.7 Å². The van der Waals surface area contributed by atoms with Crippen LogP contribution in [0.5, 0.6) is 0 Å². The van der Waals surface area contributed by atoms with Gasteiger partial charge in [0.1, 0.15) is 5.52 Å². The Labute approximate surface area is 139 Å². The Morgan fingerprint density at radius 3 is 2.54 bits per heavy atom. The van der Waals surface area contributed by atoms with Gasteiger partial charge in [0.15, 0.2) is 5.82 Å². The number of aromatic nitrogens is 3. The van der Waals surface area contributed by atoms with Crippen molar-refractivity contribution in [2.45, 2.75) is 33.2 Å². The highest BCUT2D eigenvalue weighted by Crippen LogP contribution is 2.33. The molecule has 0 saturated carbocycles. The molecule has 1 saturated heterocycles. The monoisotopic (exact) mass is 322 g/mol. The van der Waals surface area contributed by atoms with Crippen LogP contribution in [-0.4, -0.2) is 26.3 Å². The number of amides is 2. The predicted molar refractivity (Wildman–Crippen MR) is 91.6 cm³/mol. The lowest BCUT2D eigenvalue weighted by atomic mass is 10.1. The van der Waals surface area contributed by atoms with E-state index >= 15 is 0 Å². The summed E-state index contributed by atoms with van der Waals surface area (Å²) in [6.45, 7) is 5.10.